The molecule has 166 valence electrons. The summed E-state index contributed by atoms with van der Waals surface area (Å²) in [5.41, 5.74) is 5.17. The number of rotatable bonds is 10. The van der Waals surface area contributed by atoms with Crippen molar-refractivity contribution in [3.05, 3.63) is 86.4 Å². The Morgan fingerprint density at radius 3 is 2.50 bits per heavy atom. The van der Waals surface area contributed by atoms with Gasteiger partial charge < -0.3 is 14.8 Å². The molecule has 0 fully saturated rings. The molecule has 1 amide bonds. The third-order valence-corrected chi connectivity index (χ3v) is 5.25. The summed E-state index contributed by atoms with van der Waals surface area (Å²) >= 11 is 8.15. The van der Waals surface area contributed by atoms with Gasteiger partial charge in [-0.05, 0) is 95.2 Å². The lowest BCUT2D eigenvalue weighted by atomic mass is 10.2. The smallest absolute Gasteiger partial charge is 0.259 e. The lowest BCUT2D eigenvalue weighted by Gasteiger charge is -2.12. The van der Waals surface area contributed by atoms with Crippen LogP contribution in [0.3, 0.4) is 0 Å². The van der Waals surface area contributed by atoms with E-state index in [2.05, 4.69) is 38.4 Å². The molecule has 0 saturated carbocycles. The largest absolute Gasteiger partial charge is 0.490 e. The molecular weight excluding hydrogens is 541 g/mol. The van der Waals surface area contributed by atoms with Crippen molar-refractivity contribution in [1.82, 2.24) is 5.43 Å². The molecule has 0 aromatic heterocycles. The number of amides is 1. The zero-order valence-corrected chi connectivity index (χ0v) is 20.4. The maximum atomic E-state index is 12.0. The molecule has 3 rings (SSSR count). The van der Waals surface area contributed by atoms with Crippen molar-refractivity contribution < 1.29 is 14.3 Å². The lowest BCUT2D eigenvalue weighted by molar-refractivity contribution is -0.119. The summed E-state index contributed by atoms with van der Waals surface area (Å²) in [6.07, 6.45) is 1.56. The van der Waals surface area contributed by atoms with Crippen LogP contribution in [0, 0.1) is 3.57 Å². The van der Waals surface area contributed by atoms with Gasteiger partial charge in [0.15, 0.2) is 11.5 Å². The number of nitrogens with zero attached hydrogens (tertiary/aromatic N) is 1. The molecule has 3 aromatic carbocycles. The zero-order valence-electron chi connectivity index (χ0n) is 17.5. The van der Waals surface area contributed by atoms with Crippen molar-refractivity contribution in [1.29, 1.82) is 0 Å². The van der Waals surface area contributed by atoms with Crippen LogP contribution in [0.15, 0.2) is 71.8 Å². The Kier molecular flexibility index (Phi) is 9.18. The fourth-order valence-electron chi connectivity index (χ4n) is 2.70. The molecule has 3 aromatic rings. The first-order chi connectivity index (χ1) is 15.5. The molecular formula is C24H23ClIN3O3. The van der Waals surface area contributed by atoms with Crippen LogP contribution in [0.4, 0.5) is 5.69 Å². The standard InChI is InChI=1S/C24H23ClIN3O3/c1-2-31-23-13-18(5-12-22(23)32-16-17-3-6-19(25)7-4-17)14-28-29-24(30)15-27-21-10-8-20(26)9-11-21/h3-14,27H,2,15-16H2,1H3,(H,29,30)/b28-14-. The molecule has 0 radical (unpaired) electrons. The third-order valence-electron chi connectivity index (χ3n) is 4.28. The predicted octanol–water partition coefficient (Wildman–Crippen LogP) is 5.48. The van der Waals surface area contributed by atoms with Gasteiger partial charge in [0, 0.05) is 14.3 Å². The summed E-state index contributed by atoms with van der Waals surface area (Å²) in [5.74, 6) is 0.995. The van der Waals surface area contributed by atoms with Gasteiger partial charge in [0.1, 0.15) is 6.61 Å². The van der Waals surface area contributed by atoms with Crippen LogP contribution in [0.1, 0.15) is 18.1 Å². The number of nitrogens with one attached hydrogen (secondary N) is 2. The highest BCUT2D eigenvalue weighted by Crippen LogP contribution is 2.29. The minimum atomic E-state index is -0.243. The minimum Gasteiger partial charge on any atom is -0.490 e. The second kappa shape index (κ2) is 12.3. The number of ether oxygens (including phenoxy) is 2. The topological polar surface area (TPSA) is 72.0 Å². The summed E-state index contributed by atoms with van der Waals surface area (Å²) in [7, 11) is 0. The number of carbonyl (C=O) groups is 1. The zero-order chi connectivity index (χ0) is 22.8. The number of hydrogen-bond acceptors (Lipinski definition) is 5. The second-order valence-corrected chi connectivity index (χ2v) is 8.39. The highest BCUT2D eigenvalue weighted by atomic mass is 127. The molecule has 8 heteroatoms. The van der Waals surface area contributed by atoms with Crippen LogP contribution in [0.5, 0.6) is 11.5 Å². The van der Waals surface area contributed by atoms with E-state index in [0.29, 0.717) is 29.7 Å². The molecule has 32 heavy (non-hydrogen) atoms. The Morgan fingerprint density at radius 1 is 1.03 bits per heavy atom. The highest BCUT2D eigenvalue weighted by Gasteiger charge is 2.07. The molecule has 6 nitrogen and oxygen atoms in total. The Hall–Kier alpha value is -2.78. The fourth-order valence-corrected chi connectivity index (χ4v) is 3.19. The summed E-state index contributed by atoms with van der Waals surface area (Å²) in [4.78, 5) is 12.0. The van der Waals surface area contributed by atoms with Gasteiger partial charge in [-0.1, -0.05) is 23.7 Å². The molecule has 0 atom stereocenters. The lowest BCUT2D eigenvalue weighted by Crippen LogP contribution is -2.25. The summed E-state index contributed by atoms with van der Waals surface area (Å²) in [6.45, 7) is 2.93. The average molecular weight is 564 g/mol. The monoisotopic (exact) mass is 563 g/mol. The number of hydrogen-bond donors (Lipinski definition) is 2. The predicted molar refractivity (Wildman–Crippen MR) is 137 cm³/mol. The van der Waals surface area contributed by atoms with Crippen molar-refractivity contribution in [3.8, 4) is 11.5 Å². The van der Waals surface area contributed by atoms with Crippen molar-refractivity contribution in [2.75, 3.05) is 18.5 Å². The molecule has 0 aliphatic carbocycles. The maximum absolute atomic E-state index is 12.0. The Bertz CT molecular complexity index is 1060. The van der Waals surface area contributed by atoms with Gasteiger partial charge in [-0.3, -0.25) is 4.79 Å². The first kappa shape index (κ1) is 23.9. The van der Waals surface area contributed by atoms with Gasteiger partial charge in [0.05, 0.1) is 19.4 Å². The molecule has 0 aliphatic rings. The molecule has 0 aliphatic heterocycles. The van der Waals surface area contributed by atoms with E-state index >= 15 is 0 Å². The van der Waals surface area contributed by atoms with E-state index in [4.69, 9.17) is 21.1 Å². The molecule has 2 N–H and O–H groups in total. The number of hydrazone groups is 1. The van der Waals surface area contributed by atoms with E-state index in [1.807, 2.05) is 73.7 Å². The normalized spacial score (nSPS) is 10.7. The van der Waals surface area contributed by atoms with E-state index in [0.717, 1.165) is 20.4 Å². The molecule has 0 heterocycles. The maximum Gasteiger partial charge on any atom is 0.259 e. The van der Waals surface area contributed by atoms with Crippen molar-refractivity contribution >= 4 is 52.0 Å². The van der Waals surface area contributed by atoms with Crippen molar-refractivity contribution in [2.24, 2.45) is 5.10 Å². The quantitative estimate of drug-likeness (QED) is 0.195. The van der Waals surface area contributed by atoms with Gasteiger partial charge in [-0.25, -0.2) is 5.43 Å². The van der Waals surface area contributed by atoms with Crippen LogP contribution < -0.4 is 20.2 Å². The number of anilines is 1. The summed E-state index contributed by atoms with van der Waals surface area (Å²) < 4.78 is 12.7. The van der Waals surface area contributed by atoms with Crippen LogP contribution in [-0.2, 0) is 11.4 Å². The van der Waals surface area contributed by atoms with Gasteiger partial charge in [0.2, 0.25) is 0 Å². The molecule has 0 spiro atoms. The Labute approximate surface area is 206 Å². The molecule has 0 bridgehead atoms. The minimum absolute atomic E-state index is 0.125. The van der Waals surface area contributed by atoms with Crippen molar-refractivity contribution in [3.63, 3.8) is 0 Å². The van der Waals surface area contributed by atoms with E-state index < -0.39 is 0 Å². The van der Waals surface area contributed by atoms with Crippen LogP contribution in [-0.4, -0.2) is 25.3 Å². The number of halogens is 2. The molecule has 0 saturated heterocycles. The highest BCUT2D eigenvalue weighted by molar-refractivity contribution is 14.1. The Morgan fingerprint density at radius 2 is 1.78 bits per heavy atom. The number of benzene rings is 3. The van der Waals surface area contributed by atoms with Gasteiger partial charge in [-0.2, -0.15) is 5.10 Å². The first-order valence-corrected chi connectivity index (χ1v) is 11.4. The van der Waals surface area contributed by atoms with Crippen LogP contribution in [0.25, 0.3) is 0 Å². The van der Waals surface area contributed by atoms with Gasteiger partial charge in [-0.15, -0.1) is 0 Å². The van der Waals surface area contributed by atoms with Crippen LogP contribution >= 0.6 is 34.2 Å². The van der Waals surface area contributed by atoms with Gasteiger partial charge >= 0.3 is 0 Å². The van der Waals surface area contributed by atoms with E-state index in [1.54, 1.807) is 6.21 Å². The average Bonchev–Trinajstić information content (AvgIpc) is 2.79. The number of carbonyl (C=O) groups excluding carboxylic acids is 1. The third kappa shape index (κ3) is 7.72. The first-order valence-electron chi connectivity index (χ1n) is 9.99. The Balaban J connectivity index is 1.54. The van der Waals surface area contributed by atoms with Gasteiger partial charge in [0.25, 0.3) is 5.91 Å². The fraction of sp³-hybridized carbons (Fsp3) is 0.167. The SMILES string of the molecule is CCOc1cc(/C=N\NC(=O)CNc2ccc(I)cc2)ccc1OCc1ccc(Cl)cc1. The van der Waals surface area contributed by atoms with E-state index in [1.165, 1.54) is 0 Å². The van der Waals surface area contributed by atoms with Crippen molar-refractivity contribution in [2.45, 2.75) is 13.5 Å². The summed E-state index contributed by atoms with van der Waals surface area (Å²) in [6, 6.07) is 20.8. The molecule has 0 unspecified atom stereocenters. The van der Waals surface area contributed by atoms with E-state index in [9.17, 15) is 4.79 Å². The van der Waals surface area contributed by atoms with Crippen LogP contribution in [0.2, 0.25) is 5.02 Å². The summed E-state index contributed by atoms with van der Waals surface area (Å²) in [5, 5.41) is 7.76. The van der Waals surface area contributed by atoms with E-state index in [-0.39, 0.29) is 12.5 Å². The second-order valence-electron chi connectivity index (χ2n) is 6.71.